The number of ether oxygens (including phenoxy) is 3. The minimum absolute atomic E-state index is 0.0620. The minimum atomic E-state index is -0.886. The lowest BCUT2D eigenvalue weighted by atomic mass is 9.92. The first kappa shape index (κ1) is 41.8. The second kappa shape index (κ2) is 17.1. The monoisotopic (exact) mass is 876 g/mol. The van der Waals surface area contributed by atoms with Crippen LogP contribution in [0, 0.1) is 11.8 Å². The summed E-state index contributed by atoms with van der Waals surface area (Å²) in [6, 6.07) is 26.1. The van der Waals surface area contributed by atoms with Crippen molar-refractivity contribution >= 4 is 35.0 Å². The zero-order valence-electron chi connectivity index (χ0n) is 36.8. The summed E-state index contributed by atoms with van der Waals surface area (Å²) in [7, 11) is 2.59. The van der Waals surface area contributed by atoms with E-state index in [9.17, 15) is 19.2 Å². The number of carbonyl (C=O) groups is 4. The number of rotatable bonds is 10. The zero-order valence-corrected chi connectivity index (χ0v) is 36.8. The smallest absolute Gasteiger partial charge is 0.407 e. The Bertz CT molecular complexity index is 2800. The molecule has 0 radical (unpaired) electrons. The van der Waals surface area contributed by atoms with Crippen molar-refractivity contribution in [3.8, 4) is 39.3 Å². The van der Waals surface area contributed by atoms with Gasteiger partial charge < -0.3 is 44.6 Å². The van der Waals surface area contributed by atoms with Crippen LogP contribution in [-0.2, 0) is 25.7 Å². The minimum Gasteiger partial charge on any atom is -0.488 e. The Labute approximate surface area is 376 Å². The van der Waals surface area contributed by atoms with Gasteiger partial charge in [-0.05, 0) is 102 Å². The van der Waals surface area contributed by atoms with Gasteiger partial charge >= 0.3 is 12.2 Å². The molecule has 10 rings (SSSR count). The summed E-state index contributed by atoms with van der Waals surface area (Å²) >= 11 is 0. The molecule has 334 valence electrons. The van der Waals surface area contributed by atoms with Crippen LogP contribution in [0.3, 0.4) is 0 Å². The van der Waals surface area contributed by atoms with Crippen LogP contribution in [0.5, 0.6) is 5.75 Å². The fourth-order valence-electron chi connectivity index (χ4n) is 10.5. The number of nitrogens with zero attached hydrogens (tertiary/aromatic N) is 4. The normalized spacial score (nSPS) is 20.5. The fourth-order valence-corrected chi connectivity index (χ4v) is 10.5. The van der Waals surface area contributed by atoms with Crippen LogP contribution in [0.25, 0.3) is 44.5 Å². The number of aromatic nitrogens is 4. The second-order valence-electron chi connectivity index (χ2n) is 17.9. The number of hydrogen-bond donors (Lipinski definition) is 4. The molecule has 1 saturated carbocycles. The van der Waals surface area contributed by atoms with Crippen LogP contribution in [0.2, 0.25) is 0 Å². The summed E-state index contributed by atoms with van der Waals surface area (Å²) in [4.78, 5) is 73.2. The lowest BCUT2D eigenvalue weighted by Crippen LogP contribution is -2.51. The first-order chi connectivity index (χ1) is 31.6. The molecule has 2 saturated heterocycles. The molecule has 3 fully saturated rings. The molecule has 15 heteroatoms. The van der Waals surface area contributed by atoms with Gasteiger partial charge in [0.2, 0.25) is 5.91 Å². The molecule has 0 spiro atoms. The number of piperidine rings is 1. The van der Waals surface area contributed by atoms with Gasteiger partial charge in [-0.15, -0.1) is 0 Å². The maximum Gasteiger partial charge on any atom is 0.407 e. The first-order valence-corrected chi connectivity index (χ1v) is 22.4. The predicted molar refractivity (Wildman–Crippen MR) is 242 cm³/mol. The van der Waals surface area contributed by atoms with E-state index < -0.39 is 24.3 Å². The van der Waals surface area contributed by atoms with Gasteiger partial charge in [-0.3, -0.25) is 9.59 Å². The number of methoxy groups -OCH3 is 2. The summed E-state index contributed by atoms with van der Waals surface area (Å²) in [5.41, 5.74) is 9.37. The van der Waals surface area contributed by atoms with Crippen LogP contribution < -0.4 is 15.4 Å². The van der Waals surface area contributed by atoms with Crippen molar-refractivity contribution in [2.24, 2.45) is 11.8 Å². The molecule has 2 aromatic heterocycles. The van der Waals surface area contributed by atoms with E-state index in [0.717, 1.165) is 93.8 Å². The Morgan fingerprint density at radius 3 is 2.35 bits per heavy atom. The highest BCUT2D eigenvalue weighted by atomic mass is 16.5. The van der Waals surface area contributed by atoms with E-state index in [1.807, 2.05) is 66.2 Å². The number of aromatic amines is 2. The lowest BCUT2D eigenvalue weighted by molar-refractivity contribution is -0.138. The third kappa shape index (κ3) is 7.72. The number of hydrogen-bond acceptors (Lipinski definition) is 9. The third-order valence-electron chi connectivity index (χ3n) is 13.7. The number of H-pyrrole nitrogens is 2. The number of alkyl carbamates (subject to hydrolysis) is 2. The van der Waals surface area contributed by atoms with Gasteiger partial charge in [-0.25, -0.2) is 19.6 Å². The Morgan fingerprint density at radius 1 is 0.800 bits per heavy atom. The molecule has 3 aliphatic heterocycles. The van der Waals surface area contributed by atoms with Crippen molar-refractivity contribution < 1.29 is 33.4 Å². The van der Waals surface area contributed by atoms with Crippen molar-refractivity contribution in [3.63, 3.8) is 0 Å². The van der Waals surface area contributed by atoms with Gasteiger partial charge in [0.05, 0.1) is 49.2 Å². The van der Waals surface area contributed by atoms with E-state index in [-0.39, 0.29) is 41.8 Å². The highest BCUT2D eigenvalue weighted by Crippen LogP contribution is 2.51. The van der Waals surface area contributed by atoms with Crippen LogP contribution in [0.1, 0.15) is 86.9 Å². The number of imidazole rings is 2. The van der Waals surface area contributed by atoms with E-state index in [0.29, 0.717) is 24.5 Å². The van der Waals surface area contributed by atoms with Gasteiger partial charge in [-0.1, -0.05) is 74.5 Å². The first-order valence-electron chi connectivity index (χ1n) is 22.4. The van der Waals surface area contributed by atoms with Gasteiger partial charge in [0.15, 0.2) is 0 Å². The van der Waals surface area contributed by atoms with Crippen LogP contribution in [-0.4, -0.2) is 86.6 Å². The maximum atomic E-state index is 14.4. The Balaban J connectivity index is 0.864. The van der Waals surface area contributed by atoms with E-state index in [4.69, 9.17) is 24.2 Å². The van der Waals surface area contributed by atoms with E-state index in [1.165, 1.54) is 14.2 Å². The topological polar surface area (TPSA) is 184 Å². The predicted octanol–water partition coefficient (Wildman–Crippen LogP) is 8.37. The van der Waals surface area contributed by atoms with Crippen LogP contribution in [0.15, 0.2) is 91.1 Å². The molecule has 2 bridgehead atoms. The highest BCUT2D eigenvalue weighted by molar-refractivity contribution is 5.89. The summed E-state index contributed by atoms with van der Waals surface area (Å²) < 4.78 is 16.1. The highest BCUT2D eigenvalue weighted by Gasteiger charge is 2.51. The average Bonchev–Trinajstić information content (AvgIpc) is 4.20. The van der Waals surface area contributed by atoms with Gasteiger partial charge in [0, 0.05) is 18.2 Å². The number of amides is 4. The zero-order chi connectivity index (χ0) is 44.9. The van der Waals surface area contributed by atoms with Crippen molar-refractivity contribution in [3.05, 3.63) is 114 Å². The third-order valence-corrected chi connectivity index (χ3v) is 13.7. The molecule has 1 aliphatic carbocycles. The quantitative estimate of drug-likeness (QED) is 0.105. The Kier molecular flexibility index (Phi) is 11.0. The Morgan fingerprint density at radius 2 is 1.55 bits per heavy atom. The second-order valence-corrected chi connectivity index (χ2v) is 17.9. The average molecular weight is 877 g/mol. The molecule has 6 atom stereocenters. The number of nitrogens with one attached hydrogen (secondary N) is 4. The lowest BCUT2D eigenvalue weighted by Gasteiger charge is -2.36. The standard InChI is InChI=1S/C50H52N8O7/c1-27(2)42(55-49(61)63-3)47(59)57-20-8-11-40(57)45-51-25-39(54-45)31-14-17-35-33(21-31)26-65-41-24-30(13-18-36(35)41)29-15-19-37-38(23-29)53-46(52-37)44-32-12-16-34(22-32)58(44)48(60)43(56-50(62)64-4)28-9-6-5-7-10-28/h5-7,9-10,13-15,17-19,21,23-25,27,32,34,40,42-44H,8,11-12,16,20,22,26H2,1-4H3,(H,51,54)(H,52,53)(H,55,61)(H,56,62). The molecule has 4 amide bonds. The summed E-state index contributed by atoms with van der Waals surface area (Å²) in [6.45, 7) is 4.79. The molecule has 65 heavy (non-hydrogen) atoms. The summed E-state index contributed by atoms with van der Waals surface area (Å²) in [5, 5.41) is 5.49. The van der Waals surface area contributed by atoms with E-state index >= 15 is 0 Å². The van der Waals surface area contributed by atoms with E-state index in [1.54, 1.807) is 0 Å². The maximum absolute atomic E-state index is 14.4. The number of carbonyl (C=O) groups excluding carboxylic acids is 4. The van der Waals surface area contributed by atoms with Crippen molar-refractivity contribution in [1.29, 1.82) is 0 Å². The number of fused-ring (bicyclic) bond motifs is 6. The van der Waals surface area contributed by atoms with Crippen molar-refractivity contribution in [2.75, 3.05) is 20.8 Å². The SMILES string of the molecule is COC(=O)NC(C(=O)N1C2CCC(C2)C1c1nc2ccc(-c3ccc4c(c3)OCc3cc(-c5cnc(C6CCCN6C(=O)C(NC(=O)OC)C(C)C)[nH]5)ccc3-4)cc2[nH]1)c1ccccc1. The van der Waals surface area contributed by atoms with Gasteiger partial charge in [0.25, 0.3) is 5.91 Å². The van der Waals surface area contributed by atoms with Crippen molar-refractivity contribution in [2.45, 2.75) is 82.8 Å². The van der Waals surface area contributed by atoms with E-state index in [2.05, 4.69) is 69.1 Å². The van der Waals surface area contributed by atoms with Crippen molar-refractivity contribution in [1.82, 2.24) is 40.4 Å². The molecule has 6 aromatic rings. The Hall–Kier alpha value is -7.16. The van der Waals surface area contributed by atoms with Crippen LogP contribution in [0.4, 0.5) is 9.59 Å². The molecular weight excluding hydrogens is 825 g/mol. The molecule has 15 nitrogen and oxygen atoms in total. The summed E-state index contributed by atoms with van der Waals surface area (Å²) in [5.74, 6) is 2.09. The van der Waals surface area contributed by atoms with Gasteiger partial charge in [-0.2, -0.15) is 0 Å². The fraction of sp³-hybridized carbons (Fsp3) is 0.360. The molecule has 4 N–H and O–H groups in total. The largest absolute Gasteiger partial charge is 0.488 e. The molecule has 4 aromatic carbocycles. The molecule has 5 heterocycles. The summed E-state index contributed by atoms with van der Waals surface area (Å²) in [6.07, 6.45) is 4.95. The molecule has 6 unspecified atom stereocenters. The number of benzene rings is 4. The number of likely N-dealkylation sites (tertiary alicyclic amines) is 2. The molecule has 4 aliphatic rings. The van der Waals surface area contributed by atoms with Gasteiger partial charge in [0.1, 0.15) is 36.1 Å². The van der Waals surface area contributed by atoms with Crippen LogP contribution >= 0.6 is 0 Å². The molecular formula is C50H52N8O7.